The van der Waals surface area contributed by atoms with Crippen LogP contribution in [0.4, 0.5) is 0 Å². The second-order valence-corrected chi connectivity index (χ2v) is 4.97. The molecule has 94 valence electrons. The zero-order chi connectivity index (χ0) is 13.1. The van der Waals surface area contributed by atoms with E-state index < -0.39 is 5.60 Å². The number of carbonyl (C=O) groups is 1. The summed E-state index contributed by atoms with van der Waals surface area (Å²) >= 11 is 11.9. The smallest absolute Gasteiger partial charge is 0.168 e. The van der Waals surface area contributed by atoms with Crippen LogP contribution in [-0.2, 0) is 16.0 Å². The molecule has 0 aliphatic rings. The van der Waals surface area contributed by atoms with Crippen molar-refractivity contribution in [1.82, 2.24) is 0 Å². The highest BCUT2D eigenvalue weighted by Gasteiger charge is 2.30. The number of hydrogen-bond acceptors (Lipinski definition) is 2. The highest BCUT2D eigenvalue weighted by atomic mass is 35.5. The summed E-state index contributed by atoms with van der Waals surface area (Å²) < 4.78 is 5.27. The van der Waals surface area contributed by atoms with Crippen molar-refractivity contribution in [3.63, 3.8) is 0 Å². The summed E-state index contributed by atoms with van der Waals surface area (Å²) in [5.74, 6) is 0.00617. The molecule has 0 radical (unpaired) electrons. The topological polar surface area (TPSA) is 26.3 Å². The Morgan fingerprint density at radius 3 is 2.59 bits per heavy atom. The lowest BCUT2D eigenvalue weighted by atomic mass is 9.92. The van der Waals surface area contributed by atoms with Crippen LogP contribution in [-0.4, -0.2) is 18.5 Å². The number of Topliss-reactive ketones (excluding diaryl/α,β-unsaturated/α-hetero) is 1. The van der Waals surface area contributed by atoms with Gasteiger partial charge < -0.3 is 4.74 Å². The number of benzene rings is 1. The second kappa shape index (κ2) is 5.85. The predicted octanol–water partition coefficient (Wildman–Crippen LogP) is 3.92. The van der Waals surface area contributed by atoms with Gasteiger partial charge in [0.25, 0.3) is 0 Å². The first kappa shape index (κ1) is 14.5. The zero-order valence-corrected chi connectivity index (χ0v) is 11.7. The molecule has 0 bridgehead atoms. The van der Waals surface area contributed by atoms with Crippen molar-refractivity contribution in [2.24, 2.45) is 0 Å². The standard InChI is InChI=1S/C13H16Cl2O2/c1-4-13(2,17-3)12(16)8-9-7-10(14)5-6-11(9)15/h5-7H,4,8H2,1-3H3. The quantitative estimate of drug-likeness (QED) is 0.814. The summed E-state index contributed by atoms with van der Waals surface area (Å²) in [5, 5.41) is 1.13. The Kier molecular flexibility index (Phi) is 4.99. The van der Waals surface area contributed by atoms with E-state index >= 15 is 0 Å². The molecule has 0 fully saturated rings. The fraction of sp³-hybridized carbons (Fsp3) is 0.462. The van der Waals surface area contributed by atoms with Crippen molar-refractivity contribution in [2.45, 2.75) is 32.3 Å². The Morgan fingerprint density at radius 2 is 2.06 bits per heavy atom. The van der Waals surface area contributed by atoms with Gasteiger partial charge in [0, 0.05) is 23.6 Å². The maximum Gasteiger partial charge on any atom is 0.168 e. The first-order valence-electron chi connectivity index (χ1n) is 5.45. The predicted molar refractivity (Wildman–Crippen MR) is 70.9 cm³/mol. The van der Waals surface area contributed by atoms with Crippen LogP contribution in [0, 0.1) is 0 Å². The molecule has 1 aromatic rings. The molecule has 17 heavy (non-hydrogen) atoms. The first-order chi connectivity index (χ1) is 7.92. The highest BCUT2D eigenvalue weighted by molar-refractivity contribution is 6.33. The molecule has 1 aromatic carbocycles. The molecular weight excluding hydrogens is 259 g/mol. The van der Waals surface area contributed by atoms with Crippen LogP contribution in [0.5, 0.6) is 0 Å². The van der Waals surface area contributed by atoms with Crippen LogP contribution in [0.2, 0.25) is 10.0 Å². The Bertz CT molecular complexity index is 412. The Morgan fingerprint density at radius 1 is 1.41 bits per heavy atom. The lowest BCUT2D eigenvalue weighted by Gasteiger charge is -2.25. The number of halogens is 2. The van der Waals surface area contributed by atoms with E-state index in [2.05, 4.69) is 0 Å². The number of hydrogen-bond donors (Lipinski definition) is 0. The van der Waals surface area contributed by atoms with Gasteiger partial charge in [-0.15, -0.1) is 0 Å². The third-order valence-corrected chi connectivity index (χ3v) is 3.68. The molecule has 0 aliphatic carbocycles. The zero-order valence-electron chi connectivity index (χ0n) is 10.2. The van der Waals surface area contributed by atoms with E-state index in [9.17, 15) is 4.79 Å². The van der Waals surface area contributed by atoms with Crippen molar-refractivity contribution in [3.05, 3.63) is 33.8 Å². The summed E-state index contributed by atoms with van der Waals surface area (Å²) in [4.78, 5) is 12.1. The van der Waals surface area contributed by atoms with Crippen molar-refractivity contribution < 1.29 is 9.53 Å². The van der Waals surface area contributed by atoms with Gasteiger partial charge >= 0.3 is 0 Å². The van der Waals surface area contributed by atoms with Gasteiger partial charge in [-0.2, -0.15) is 0 Å². The average molecular weight is 275 g/mol. The monoisotopic (exact) mass is 274 g/mol. The Balaban J connectivity index is 2.91. The number of carbonyl (C=O) groups excluding carboxylic acids is 1. The number of ketones is 1. The summed E-state index contributed by atoms with van der Waals surface area (Å²) in [5.41, 5.74) is -0.0214. The van der Waals surface area contributed by atoms with Crippen LogP contribution < -0.4 is 0 Å². The van der Waals surface area contributed by atoms with Gasteiger partial charge in [-0.05, 0) is 37.1 Å². The molecule has 2 nitrogen and oxygen atoms in total. The molecule has 0 aromatic heterocycles. The fourth-order valence-electron chi connectivity index (χ4n) is 1.49. The van der Waals surface area contributed by atoms with Gasteiger partial charge in [-0.1, -0.05) is 30.1 Å². The largest absolute Gasteiger partial charge is 0.371 e. The summed E-state index contributed by atoms with van der Waals surface area (Å²) in [6.07, 6.45) is 0.859. The van der Waals surface area contributed by atoms with Crippen LogP contribution in [0.1, 0.15) is 25.8 Å². The van der Waals surface area contributed by atoms with Crippen LogP contribution in [0.3, 0.4) is 0 Å². The van der Waals surface area contributed by atoms with Gasteiger partial charge in [0.05, 0.1) is 0 Å². The summed E-state index contributed by atoms with van der Waals surface area (Å²) in [6, 6.07) is 5.11. The molecule has 0 N–H and O–H groups in total. The minimum atomic E-state index is -0.758. The van der Waals surface area contributed by atoms with Crippen LogP contribution >= 0.6 is 23.2 Å². The van der Waals surface area contributed by atoms with Crippen molar-refractivity contribution in [1.29, 1.82) is 0 Å². The molecule has 0 amide bonds. The van der Waals surface area contributed by atoms with Crippen LogP contribution in [0.15, 0.2) is 18.2 Å². The molecule has 0 saturated heterocycles. The molecular formula is C13H16Cl2O2. The van der Waals surface area contributed by atoms with Crippen molar-refractivity contribution >= 4 is 29.0 Å². The molecule has 0 spiro atoms. The maximum absolute atomic E-state index is 12.1. The number of rotatable bonds is 5. The molecule has 0 heterocycles. The van der Waals surface area contributed by atoms with Gasteiger partial charge in [-0.25, -0.2) is 0 Å². The van der Waals surface area contributed by atoms with E-state index in [0.717, 1.165) is 5.56 Å². The molecule has 4 heteroatoms. The Hall–Kier alpha value is -0.570. The highest BCUT2D eigenvalue weighted by Crippen LogP contribution is 2.24. The third kappa shape index (κ3) is 3.44. The molecule has 1 atom stereocenters. The van der Waals surface area contributed by atoms with E-state index in [1.165, 1.54) is 0 Å². The average Bonchev–Trinajstić information content (AvgIpc) is 2.32. The van der Waals surface area contributed by atoms with Crippen molar-refractivity contribution in [3.8, 4) is 0 Å². The van der Waals surface area contributed by atoms with E-state index in [-0.39, 0.29) is 12.2 Å². The van der Waals surface area contributed by atoms with E-state index in [1.807, 2.05) is 6.92 Å². The van der Waals surface area contributed by atoms with E-state index in [1.54, 1.807) is 32.2 Å². The van der Waals surface area contributed by atoms with Gasteiger partial charge in [0.15, 0.2) is 5.78 Å². The second-order valence-electron chi connectivity index (χ2n) is 4.12. The van der Waals surface area contributed by atoms with E-state index in [0.29, 0.717) is 16.5 Å². The molecule has 1 rings (SSSR count). The van der Waals surface area contributed by atoms with E-state index in [4.69, 9.17) is 27.9 Å². The normalized spacial score (nSPS) is 14.4. The lowest BCUT2D eigenvalue weighted by molar-refractivity contribution is -0.138. The van der Waals surface area contributed by atoms with Gasteiger partial charge in [-0.3, -0.25) is 4.79 Å². The van der Waals surface area contributed by atoms with Gasteiger partial charge in [0.1, 0.15) is 5.60 Å². The lowest BCUT2D eigenvalue weighted by Crippen LogP contribution is -2.37. The maximum atomic E-state index is 12.1. The molecule has 1 unspecified atom stereocenters. The fourth-order valence-corrected chi connectivity index (χ4v) is 1.87. The summed E-state index contributed by atoms with van der Waals surface area (Å²) in [6.45, 7) is 3.70. The third-order valence-electron chi connectivity index (χ3n) is 3.07. The minimum absolute atomic E-state index is 0.00617. The first-order valence-corrected chi connectivity index (χ1v) is 6.21. The summed E-state index contributed by atoms with van der Waals surface area (Å²) in [7, 11) is 1.54. The van der Waals surface area contributed by atoms with Gasteiger partial charge in [0.2, 0.25) is 0 Å². The SMILES string of the molecule is CCC(C)(OC)C(=O)Cc1cc(Cl)ccc1Cl. The Labute approximate surface area is 112 Å². The number of methoxy groups -OCH3 is 1. The minimum Gasteiger partial charge on any atom is -0.371 e. The molecule has 0 saturated carbocycles. The molecule has 0 aliphatic heterocycles. The van der Waals surface area contributed by atoms with Crippen LogP contribution in [0.25, 0.3) is 0 Å². The van der Waals surface area contributed by atoms with Crippen molar-refractivity contribution in [2.75, 3.05) is 7.11 Å². The number of ether oxygens (including phenoxy) is 1.